The number of imide groups is 2. The summed E-state index contributed by atoms with van der Waals surface area (Å²) in [5, 5.41) is 34.0. The molecule has 1 saturated heterocycles. The zero-order chi connectivity index (χ0) is 41.6. The van der Waals surface area contributed by atoms with Crippen molar-refractivity contribution in [3.8, 4) is 0 Å². The number of hydrazone groups is 1. The average molecular weight is 791 g/mol. The lowest BCUT2D eigenvalue weighted by atomic mass is 9.70. The number of fused-ring (bicyclic) bond motifs is 1. The fourth-order valence-electron chi connectivity index (χ4n) is 6.99. The maximum Gasteiger partial charge on any atom is 0.270 e. The third kappa shape index (κ3) is 11.4. The van der Waals surface area contributed by atoms with E-state index < -0.39 is 27.3 Å². The summed E-state index contributed by atoms with van der Waals surface area (Å²) in [6, 6.07) is 11.6. The number of non-ortho nitro benzene ring substituents is 2. The number of azo groups is 1. The Labute approximate surface area is 335 Å². The van der Waals surface area contributed by atoms with E-state index in [9.17, 15) is 39.4 Å². The van der Waals surface area contributed by atoms with Crippen LogP contribution in [0.3, 0.4) is 0 Å². The molecule has 0 aromatic heterocycles. The molecule has 3 atom stereocenters. The van der Waals surface area contributed by atoms with Crippen molar-refractivity contribution in [1.29, 1.82) is 0 Å². The molecule has 2 N–H and O–H groups in total. The maximum atomic E-state index is 13.2. The van der Waals surface area contributed by atoms with Crippen molar-refractivity contribution >= 4 is 40.7 Å². The molecule has 0 aliphatic carbocycles. The third-order valence-electron chi connectivity index (χ3n) is 10.00. The molecule has 3 heterocycles. The van der Waals surface area contributed by atoms with Crippen molar-refractivity contribution in [3.05, 3.63) is 92.0 Å². The van der Waals surface area contributed by atoms with Crippen LogP contribution >= 0.6 is 0 Å². The highest BCUT2D eigenvalue weighted by Crippen LogP contribution is 2.51. The van der Waals surface area contributed by atoms with Gasteiger partial charge in [0, 0.05) is 55.1 Å². The fourth-order valence-corrected chi connectivity index (χ4v) is 6.99. The van der Waals surface area contributed by atoms with Crippen molar-refractivity contribution in [3.63, 3.8) is 0 Å². The molecule has 1 fully saturated rings. The van der Waals surface area contributed by atoms with E-state index in [0.717, 1.165) is 38.5 Å². The molecular formula is C41H58N8O8. The van der Waals surface area contributed by atoms with E-state index in [0.29, 0.717) is 29.9 Å². The van der Waals surface area contributed by atoms with Gasteiger partial charge in [-0.25, -0.2) is 0 Å². The van der Waals surface area contributed by atoms with Crippen LogP contribution in [0, 0.1) is 38.0 Å². The molecule has 0 bridgehead atoms. The van der Waals surface area contributed by atoms with Gasteiger partial charge in [0.05, 0.1) is 15.6 Å². The van der Waals surface area contributed by atoms with Gasteiger partial charge in [-0.3, -0.25) is 49.2 Å². The van der Waals surface area contributed by atoms with Crippen LogP contribution in [-0.2, 0) is 24.7 Å². The number of hydrogen-bond donors (Lipinski definition) is 1. The topological polar surface area (TPSA) is 224 Å². The first kappa shape index (κ1) is 47.5. The van der Waals surface area contributed by atoms with Crippen LogP contribution in [-0.4, -0.2) is 68.1 Å². The third-order valence-corrected chi connectivity index (χ3v) is 10.00. The van der Waals surface area contributed by atoms with Gasteiger partial charge in [0.15, 0.2) is 6.04 Å². The van der Waals surface area contributed by atoms with E-state index >= 15 is 0 Å². The van der Waals surface area contributed by atoms with Gasteiger partial charge >= 0.3 is 0 Å². The lowest BCUT2D eigenvalue weighted by Crippen LogP contribution is -2.43. The Balaban J connectivity index is 0.000000326. The van der Waals surface area contributed by atoms with Crippen molar-refractivity contribution < 1.29 is 29.0 Å². The van der Waals surface area contributed by atoms with Crippen LogP contribution in [0.5, 0.6) is 0 Å². The lowest BCUT2D eigenvalue weighted by Gasteiger charge is -2.34. The number of benzene rings is 2. The Morgan fingerprint density at radius 3 is 1.81 bits per heavy atom. The summed E-state index contributed by atoms with van der Waals surface area (Å²) in [5.74, 6) is 3.58. The number of carbonyl (C=O) groups excluding carboxylic acids is 4. The number of nitro groups is 2. The molecule has 3 unspecified atom stereocenters. The number of nitrogens with two attached hydrogens (primary N) is 1. The predicted molar refractivity (Wildman–Crippen MR) is 218 cm³/mol. The van der Waals surface area contributed by atoms with E-state index in [1.54, 1.807) is 24.3 Å². The second-order valence-corrected chi connectivity index (χ2v) is 14.5. The molecule has 5 rings (SSSR count). The van der Waals surface area contributed by atoms with Crippen LogP contribution in [0.4, 0.5) is 11.4 Å². The van der Waals surface area contributed by atoms with Crippen molar-refractivity contribution in [1.82, 2.24) is 9.80 Å². The Kier molecular flexibility index (Phi) is 18.5. The van der Waals surface area contributed by atoms with E-state index in [4.69, 9.17) is 5.84 Å². The molecule has 57 heavy (non-hydrogen) atoms. The molecule has 4 amide bonds. The van der Waals surface area contributed by atoms with Gasteiger partial charge in [0.2, 0.25) is 5.91 Å². The van der Waals surface area contributed by atoms with E-state index in [1.165, 1.54) is 59.1 Å². The standard InChI is InChI=1S/C20H26N4O4.C10H13N3O2.C10H15NO2.CH4/c1-4-5-6-7-11-23-18(25)16-17(19(23)26)21-22-20(16,13(2)3)14-9-8-10-15(12-14)24(27)28;1-7(2)10(12-11)8-4-3-5-9(6-8)13(14)15;1-2-3-4-5-8-11-9(12)6-7-10(11)13;/h8-10,12-13,16-17H,4-7,11H2,1-3H3;3-7H,11H2,1-2H3;6-7H,2-5,8H2,1H3;1H4. The monoisotopic (exact) mass is 790 g/mol. The first-order chi connectivity index (χ1) is 26.7. The minimum Gasteiger partial charge on any atom is -0.323 e. The number of carbonyl (C=O) groups is 4. The highest BCUT2D eigenvalue weighted by atomic mass is 16.6. The molecule has 2 aromatic carbocycles. The van der Waals surface area contributed by atoms with Crippen molar-refractivity contribution in [2.75, 3.05) is 13.1 Å². The number of nitrogens with zero attached hydrogens (tertiary/aromatic N) is 7. The summed E-state index contributed by atoms with van der Waals surface area (Å²) >= 11 is 0. The normalized spacial score (nSPS) is 19.7. The van der Waals surface area contributed by atoms with Crippen LogP contribution in [0.2, 0.25) is 0 Å². The number of likely N-dealkylation sites (tertiary alicyclic amines) is 1. The van der Waals surface area contributed by atoms with Crippen LogP contribution in [0.25, 0.3) is 0 Å². The van der Waals surface area contributed by atoms with E-state index in [1.807, 2.05) is 27.7 Å². The van der Waals surface area contributed by atoms with Gasteiger partial charge in [0.25, 0.3) is 29.1 Å². The Morgan fingerprint density at radius 2 is 1.32 bits per heavy atom. The second-order valence-electron chi connectivity index (χ2n) is 14.5. The highest BCUT2D eigenvalue weighted by molar-refractivity contribution is 6.12. The van der Waals surface area contributed by atoms with E-state index in [2.05, 4.69) is 29.2 Å². The zero-order valence-electron chi connectivity index (χ0n) is 33.1. The van der Waals surface area contributed by atoms with Crippen LogP contribution < -0.4 is 5.84 Å². The summed E-state index contributed by atoms with van der Waals surface area (Å²) in [6.45, 7) is 12.9. The lowest BCUT2D eigenvalue weighted by molar-refractivity contribution is -0.385. The Hall–Kier alpha value is -5.67. The summed E-state index contributed by atoms with van der Waals surface area (Å²) in [6.07, 6.45) is 10.9. The van der Waals surface area contributed by atoms with E-state index in [-0.39, 0.29) is 54.3 Å². The summed E-state index contributed by atoms with van der Waals surface area (Å²) in [7, 11) is 0. The number of amides is 4. The Bertz CT molecular complexity index is 1820. The number of unbranched alkanes of at least 4 members (excludes halogenated alkanes) is 6. The van der Waals surface area contributed by atoms with Gasteiger partial charge in [-0.1, -0.05) is 112 Å². The second kappa shape index (κ2) is 22.2. The number of rotatable bonds is 16. The summed E-state index contributed by atoms with van der Waals surface area (Å²) in [5.41, 5.74) is 0.836. The number of nitro benzene ring substituents is 2. The summed E-state index contributed by atoms with van der Waals surface area (Å²) in [4.78, 5) is 71.7. The largest absolute Gasteiger partial charge is 0.323 e. The molecule has 0 spiro atoms. The first-order valence-electron chi connectivity index (χ1n) is 19.2. The van der Waals surface area contributed by atoms with Gasteiger partial charge < -0.3 is 5.84 Å². The zero-order valence-corrected chi connectivity index (χ0v) is 33.1. The van der Waals surface area contributed by atoms with Crippen LogP contribution in [0.1, 0.15) is 111 Å². The molecule has 16 nitrogen and oxygen atoms in total. The molecule has 3 aliphatic rings. The Morgan fingerprint density at radius 1 is 0.789 bits per heavy atom. The predicted octanol–water partition coefficient (Wildman–Crippen LogP) is 7.89. The molecule has 3 aliphatic heterocycles. The van der Waals surface area contributed by atoms with Gasteiger partial charge in [-0.2, -0.15) is 15.3 Å². The molecule has 0 saturated carbocycles. The minimum absolute atomic E-state index is 0. The van der Waals surface area contributed by atoms with Gasteiger partial charge in [-0.05, 0) is 30.2 Å². The quantitative estimate of drug-likeness (QED) is 0.0435. The highest BCUT2D eigenvalue weighted by Gasteiger charge is 2.63. The smallest absolute Gasteiger partial charge is 0.270 e. The van der Waals surface area contributed by atoms with Crippen LogP contribution in [0.15, 0.2) is 76.0 Å². The summed E-state index contributed by atoms with van der Waals surface area (Å²) < 4.78 is 0. The minimum atomic E-state index is -1.07. The molecular weight excluding hydrogens is 732 g/mol. The maximum absolute atomic E-state index is 13.2. The van der Waals surface area contributed by atoms with Crippen molar-refractivity contribution in [2.24, 2.45) is 38.9 Å². The SMILES string of the molecule is C.CC(C)C(=NN)c1cccc([N+](=O)[O-])c1.CCCCCCN1C(=O)C2N=NC(c3cccc([N+](=O)[O-])c3)(C(C)C)C2C1=O.CCCCCCN1C(=O)C=CC1=O. The first-order valence-corrected chi connectivity index (χ1v) is 19.2. The molecule has 310 valence electrons. The number of hydrogen-bond acceptors (Lipinski definition) is 12. The van der Waals surface area contributed by atoms with Gasteiger partial charge in [0.1, 0.15) is 11.5 Å². The molecule has 0 radical (unpaired) electrons. The molecule has 16 heteroatoms. The average Bonchev–Trinajstić information content (AvgIpc) is 3.81. The molecule has 2 aromatic rings. The van der Waals surface area contributed by atoms with Crippen molar-refractivity contribution in [2.45, 2.75) is 112 Å². The fraction of sp³-hybridized carbons (Fsp3) is 0.537. The van der Waals surface area contributed by atoms with Gasteiger partial charge in [-0.15, -0.1) is 0 Å².